The van der Waals surface area contributed by atoms with Crippen molar-refractivity contribution >= 4 is 5.97 Å². The second kappa shape index (κ2) is 6.86. The Labute approximate surface area is 120 Å². The van der Waals surface area contributed by atoms with E-state index in [1.165, 1.54) is 24.8 Å². The van der Waals surface area contributed by atoms with E-state index in [4.69, 9.17) is 10.2 Å². The summed E-state index contributed by atoms with van der Waals surface area (Å²) in [6.45, 7) is 3.42. The molecule has 110 valence electrons. The van der Waals surface area contributed by atoms with Gasteiger partial charge in [0, 0.05) is 19.1 Å². The Hall–Kier alpha value is -1.39. The number of aliphatic hydroxyl groups is 1. The number of aliphatic hydroxyl groups excluding tert-OH is 1. The summed E-state index contributed by atoms with van der Waals surface area (Å²) in [6, 6.07) is 8.38. The molecule has 0 heterocycles. The molecule has 0 amide bonds. The number of hydrogen-bond acceptors (Lipinski definition) is 3. The van der Waals surface area contributed by atoms with Gasteiger partial charge in [0.15, 0.2) is 0 Å². The van der Waals surface area contributed by atoms with Crippen LogP contribution in [-0.2, 0) is 11.3 Å². The van der Waals surface area contributed by atoms with E-state index in [1.54, 1.807) is 6.92 Å². The summed E-state index contributed by atoms with van der Waals surface area (Å²) in [5.74, 6) is -1.27. The smallest absolute Gasteiger partial charge is 0.310 e. The van der Waals surface area contributed by atoms with Crippen LogP contribution in [-0.4, -0.2) is 40.3 Å². The fraction of sp³-hybridized carbons (Fsp3) is 0.562. The van der Waals surface area contributed by atoms with Crippen LogP contribution < -0.4 is 0 Å². The Kier molecular flexibility index (Phi) is 5.15. The third-order valence-electron chi connectivity index (χ3n) is 4.21. The van der Waals surface area contributed by atoms with Crippen LogP contribution in [0.1, 0.15) is 43.2 Å². The van der Waals surface area contributed by atoms with Crippen LogP contribution in [0.15, 0.2) is 24.3 Å². The lowest BCUT2D eigenvalue weighted by atomic mass is 9.91. The monoisotopic (exact) mass is 277 g/mol. The van der Waals surface area contributed by atoms with Crippen LogP contribution in [0, 0.1) is 0 Å². The topological polar surface area (TPSA) is 60.8 Å². The van der Waals surface area contributed by atoms with Crippen molar-refractivity contribution in [3.05, 3.63) is 35.4 Å². The third-order valence-corrected chi connectivity index (χ3v) is 4.21. The van der Waals surface area contributed by atoms with Crippen LogP contribution >= 0.6 is 0 Å². The highest BCUT2D eigenvalue weighted by atomic mass is 16.4. The summed E-state index contributed by atoms with van der Waals surface area (Å²) >= 11 is 0. The molecule has 1 saturated carbocycles. The minimum Gasteiger partial charge on any atom is -0.481 e. The van der Waals surface area contributed by atoms with Crippen LogP contribution in [0.3, 0.4) is 0 Å². The van der Waals surface area contributed by atoms with Gasteiger partial charge in [-0.25, -0.2) is 0 Å². The number of carboxylic acids is 1. The number of rotatable bonds is 7. The van der Waals surface area contributed by atoms with E-state index in [-0.39, 0.29) is 6.61 Å². The predicted octanol–water partition coefficient (Wildman–Crippen LogP) is 2.22. The molecule has 1 aliphatic carbocycles. The van der Waals surface area contributed by atoms with E-state index in [1.807, 2.05) is 24.3 Å². The second-order valence-corrected chi connectivity index (χ2v) is 5.58. The van der Waals surface area contributed by atoms with Crippen molar-refractivity contribution in [2.75, 3.05) is 13.2 Å². The average molecular weight is 277 g/mol. The Morgan fingerprint density at radius 1 is 1.35 bits per heavy atom. The zero-order valence-electron chi connectivity index (χ0n) is 12.0. The number of aliphatic carboxylic acids is 1. The van der Waals surface area contributed by atoms with Crippen molar-refractivity contribution in [1.29, 1.82) is 0 Å². The van der Waals surface area contributed by atoms with Crippen molar-refractivity contribution in [2.24, 2.45) is 0 Å². The van der Waals surface area contributed by atoms with E-state index in [9.17, 15) is 4.79 Å². The van der Waals surface area contributed by atoms with Gasteiger partial charge in [0.1, 0.15) is 0 Å². The molecule has 0 aliphatic heterocycles. The molecule has 1 aromatic carbocycles. The average Bonchev–Trinajstić information content (AvgIpc) is 2.37. The second-order valence-electron chi connectivity index (χ2n) is 5.58. The van der Waals surface area contributed by atoms with Gasteiger partial charge in [0.05, 0.1) is 12.5 Å². The van der Waals surface area contributed by atoms with Crippen molar-refractivity contribution in [3.8, 4) is 0 Å². The maximum absolute atomic E-state index is 10.9. The quantitative estimate of drug-likeness (QED) is 0.802. The molecule has 4 nitrogen and oxygen atoms in total. The number of carbonyl (C=O) groups is 1. The van der Waals surface area contributed by atoms with E-state index in [0.29, 0.717) is 12.6 Å². The lowest BCUT2D eigenvalue weighted by molar-refractivity contribution is -0.138. The zero-order chi connectivity index (χ0) is 14.5. The molecule has 0 saturated heterocycles. The number of nitrogens with zero attached hydrogens (tertiary/aromatic N) is 1. The van der Waals surface area contributed by atoms with Gasteiger partial charge < -0.3 is 10.2 Å². The van der Waals surface area contributed by atoms with Crippen LogP contribution in [0.2, 0.25) is 0 Å². The van der Waals surface area contributed by atoms with Gasteiger partial charge in [-0.15, -0.1) is 0 Å². The van der Waals surface area contributed by atoms with Gasteiger partial charge in [-0.05, 0) is 30.9 Å². The normalized spacial score (nSPS) is 16.9. The fourth-order valence-electron chi connectivity index (χ4n) is 2.56. The molecule has 4 heteroatoms. The van der Waals surface area contributed by atoms with Gasteiger partial charge in [-0.2, -0.15) is 0 Å². The SMILES string of the molecule is CC(C(=O)O)c1ccc(CN(CCO)C2CCC2)cc1. The summed E-state index contributed by atoms with van der Waals surface area (Å²) in [6.07, 6.45) is 3.71. The van der Waals surface area contributed by atoms with Crippen molar-refractivity contribution in [1.82, 2.24) is 4.90 Å². The number of hydrogen-bond donors (Lipinski definition) is 2. The molecule has 1 fully saturated rings. The van der Waals surface area contributed by atoms with Crippen LogP contribution in [0.5, 0.6) is 0 Å². The van der Waals surface area contributed by atoms with Gasteiger partial charge >= 0.3 is 5.97 Å². The van der Waals surface area contributed by atoms with Gasteiger partial charge in [0.25, 0.3) is 0 Å². The predicted molar refractivity (Wildman–Crippen MR) is 77.6 cm³/mol. The Balaban J connectivity index is 1.99. The fourth-order valence-corrected chi connectivity index (χ4v) is 2.56. The lowest BCUT2D eigenvalue weighted by Gasteiger charge is -2.37. The van der Waals surface area contributed by atoms with E-state index >= 15 is 0 Å². The molecule has 20 heavy (non-hydrogen) atoms. The van der Waals surface area contributed by atoms with Gasteiger partial charge in [0.2, 0.25) is 0 Å². The lowest BCUT2D eigenvalue weighted by Crippen LogP contribution is -2.41. The summed E-state index contributed by atoms with van der Waals surface area (Å²) in [4.78, 5) is 13.3. The number of benzene rings is 1. The minimum absolute atomic E-state index is 0.185. The third kappa shape index (κ3) is 3.58. The summed E-state index contributed by atoms with van der Waals surface area (Å²) < 4.78 is 0. The molecule has 1 aliphatic rings. The minimum atomic E-state index is -0.797. The Bertz CT molecular complexity index is 440. The summed E-state index contributed by atoms with van der Waals surface area (Å²) in [5, 5.41) is 18.2. The number of carboxylic acid groups (broad SMARTS) is 1. The van der Waals surface area contributed by atoms with E-state index in [0.717, 1.165) is 12.1 Å². The van der Waals surface area contributed by atoms with Gasteiger partial charge in [-0.3, -0.25) is 9.69 Å². The van der Waals surface area contributed by atoms with Crippen LogP contribution in [0.4, 0.5) is 0 Å². The highest BCUT2D eigenvalue weighted by molar-refractivity contribution is 5.75. The Morgan fingerprint density at radius 2 is 2.00 bits per heavy atom. The molecule has 0 radical (unpaired) electrons. The molecule has 0 bridgehead atoms. The molecule has 1 aromatic rings. The van der Waals surface area contributed by atoms with E-state index < -0.39 is 11.9 Å². The first-order chi connectivity index (χ1) is 9.61. The van der Waals surface area contributed by atoms with Crippen molar-refractivity contribution < 1.29 is 15.0 Å². The summed E-state index contributed by atoms with van der Waals surface area (Å²) in [7, 11) is 0. The standard InChI is InChI=1S/C16H23NO3/c1-12(16(19)20)14-7-5-13(6-8-14)11-17(9-10-18)15-3-2-4-15/h5-8,12,15,18H,2-4,9-11H2,1H3,(H,19,20). The first-order valence-corrected chi connectivity index (χ1v) is 7.28. The maximum Gasteiger partial charge on any atom is 0.310 e. The molecular weight excluding hydrogens is 254 g/mol. The molecule has 2 rings (SSSR count). The van der Waals surface area contributed by atoms with Crippen molar-refractivity contribution in [3.63, 3.8) is 0 Å². The molecule has 0 aromatic heterocycles. The largest absolute Gasteiger partial charge is 0.481 e. The highest BCUT2D eigenvalue weighted by Gasteiger charge is 2.24. The molecule has 1 unspecified atom stereocenters. The molecule has 2 N–H and O–H groups in total. The molecular formula is C16H23NO3. The Morgan fingerprint density at radius 3 is 2.45 bits per heavy atom. The summed E-state index contributed by atoms with van der Waals surface area (Å²) in [5.41, 5.74) is 2.00. The molecule has 0 spiro atoms. The zero-order valence-corrected chi connectivity index (χ0v) is 12.0. The maximum atomic E-state index is 10.9. The van der Waals surface area contributed by atoms with E-state index in [2.05, 4.69) is 4.90 Å². The van der Waals surface area contributed by atoms with Crippen molar-refractivity contribution in [2.45, 2.75) is 44.7 Å². The van der Waals surface area contributed by atoms with Gasteiger partial charge in [-0.1, -0.05) is 30.7 Å². The first-order valence-electron chi connectivity index (χ1n) is 7.28. The van der Waals surface area contributed by atoms with Crippen LogP contribution in [0.25, 0.3) is 0 Å². The first kappa shape index (κ1) is 15.0. The molecule has 1 atom stereocenters. The highest BCUT2D eigenvalue weighted by Crippen LogP contribution is 2.26.